The first-order chi connectivity index (χ1) is 27.7. The molecule has 60 heavy (non-hydrogen) atoms. The molecule has 1 saturated carbocycles. The summed E-state index contributed by atoms with van der Waals surface area (Å²) < 4.78 is 35.1. The van der Waals surface area contributed by atoms with E-state index in [1.165, 1.54) is 0 Å². The van der Waals surface area contributed by atoms with Gasteiger partial charge in [-0.1, -0.05) is 26.7 Å². The zero-order valence-corrected chi connectivity index (χ0v) is 37.4. The summed E-state index contributed by atoms with van der Waals surface area (Å²) >= 11 is 0. The van der Waals surface area contributed by atoms with Gasteiger partial charge in [-0.25, -0.2) is 14.4 Å². The smallest absolute Gasteiger partial charge is 0.408 e. The van der Waals surface area contributed by atoms with E-state index in [9.17, 15) is 45.0 Å². The van der Waals surface area contributed by atoms with E-state index in [0.29, 0.717) is 6.42 Å². The van der Waals surface area contributed by atoms with Gasteiger partial charge in [0.05, 0.1) is 49.3 Å². The van der Waals surface area contributed by atoms with Gasteiger partial charge in [0.25, 0.3) is 0 Å². The van der Waals surface area contributed by atoms with Crippen molar-refractivity contribution < 1.29 is 73.4 Å². The maximum atomic E-state index is 13.3. The fourth-order valence-electron chi connectivity index (χ4n) is 7.91. The molecule has 3 amide bonds. The Morgan fingerprint density at radius 1 is 0.767 bits per heavy atom. The maximum Gasteiger partial charge on any atom is 0.408 e. The second kappa shape index (κ2) is 22.2. The topological polar surface area (TPSA) is 276 Å². The lowest BCUT2D eigenvalue weighted by molar-refractivity contribution is -0.312. The van der Waals surface area contributed by atoms with Gasteiger partial charge >= 0.3 is 18.3 Å². The van der Waals surface area contributed by atoms with E-state index >= 15 is 0 Å². The number of carbonyl (C=O) groups is 3. The molecule has 0 aromatic carbocycles. The van der Waals surface area contributed by atoms with Gasteiger partial charge in [0, 0.05) is 31.1 Å². The Kier molecular flexibility index (Phi) is 19.1. The van der Waals surface area contributed by atoms with Crippen LogP contribution >= 0.6 is 0 Å². The molecule has 2 heterocycles. The molecule has 0 aromatic rings. The minimum atomic E-state index is -1.69. The van der Waals surface area contributed by atoms with Crippen molar-refractivity contribution in [2.75, 3.05) is 19.7 Å². The minimum Gasteiger partial charge on any atom is -0.444 e. The number of carbonyl (C=O) groups excluding carboxylic acids is 3. The standard InChI is InChI=1S/C41H76N4O15/c1-12-13-14-26-25(48)18-24(43-19-22(47)15-16-42-36(52)58-39(3,4)5)34(55-26)28-23(44-37(53)59-40(6,7)8)17-21(2)33(31(28)50)57-35-32(51)29(30(49)27(20-46)56-35)45-38(54)60-41(9,10)11/h21-35,43,46-51H,12-20H2,1-11H3,(H,42,52)(H,44,53)(H,45,54). The van der Waals surface area contributed by atoms with E-state index in [1.807, 2.05) is 6.92 Å². The van der Waals surface area contributed by atoms with Gasteiger partial charge in [-0.3, -0.25) is 0 Å². The molecule has 19 heteroatoms. The van der Waals surface area contributed by atoms with Gasteiger partial charge in [-0.2, -0.15) is 0 Å². The summed E-state index contributed by atoms with van der Waals surface area (Å²) in [7, 11) is 0. The van der Waals surface area contributed by atoms with Crippen LogP contribution in [0.5, 0.6) is 0 Å². The van der Waals surface area contributed by atoms with Crippen molar-refractivity contribution in [3.05, 3.63) is 0 Å². The molecule has 15 atom stereocenters. The van der Waals surface area contributed by atoms with Crippen LogP contribution in [0.1, 0.15) is 115 Å². The number of unbranched alkanes of at least 4 members (excludes halogenated alkanes) is 1. The molecule has 10 N–H and O–H groups in total. The molecule has 1 aliphatic carbocycles. The number of aliphatic hydroxyl groups is 6. The van der Waals surface area contributed by atoms with Crippen LogP contribution in [0.25, 0.3) is 0 Å². The number of hydrogen-bond donors (Lipinski definition) is 10. The molecule has 2 saturated heterocycles. The number of amides is 3. The highest BCUT2D eigenvalue weighted by Gasteiger charge is 2.55. The molecule has 3 rings (SSSR count). The van der Waals surface area contributed by atoms with Crippen LogP contribution in [0.2, 0.25) is 0 Å². The van der Waals surface area contributed by atoms with Crippen LogP contribution in [0, 0.1) is 11.8 Å². The Balaban J connectivity index is 1.94. The lowest BCUT2D eigenvalue weighted by Crippen LogP contribution is -2.68. The Morgan fingerprint density at radius 3 is 1.92 bits per heavy atom. The van der Waals surface area contributed by atoms with Crippen LogP contribution < -0.4 is 21.3 Å². The monoisotopic (exact) mass is 865 g/mol. The van der Waals surface area contributed by atoms with E-state index in [0.717, 1.165) is 12.8 Å². The van der Waals surface area contributed by atoms with Crippen LogP contribution in [0.3, 0.4) is 0 Å². The predicted molar refractivity (Wildman–Crippen MR) is 218 cm³/mol. The molecule has 3 aliphatic rings. The predicted octanol–water partition coefficient (Wildman–Crippen LogP) is 1.56. The molecule has 350 valence electrons. The van der Waals surface area contributed by atoms with Crippen molar-refractivity contribution in [1.29, 1.82) is 0 Å². The number of rotatable bonds is 15. The van der Waals surface area contributed by atoms with Crippen molar-refractivity contribution in [2.45, 2.75) is 211 Å². The average Bonchev–Trinajstić information content (AvgIpc) is 3.09. The van der Waals surface area contributed by atoms with Crippen LogP contribution in [-0.2, 0) is 28.4 Å². The van der Waals surface area contributed by atoms with Gasteiger partial charge in [-0.05, 0) is 93.9 Å². The molecule has 15 unspecified atom stereocenters. The Morgan fingerprint density at radius 2 is 1.35 bits per heavy atom. The Bertz CT molecular complexity index is 1360. The summed E-state index contributed by atoms with van der Waals surface area (Å²) in [5, 5.41) is 78.6. The zero-order valence-electron chi connectivity index (χ0n) is 37.4. The number of alkyl carbamates (subject to hydrolysis) is 3. The highest BCUT2D eigenvalue weighted by Crippen LogP contribution is 2.41. The van der Waals surface area contributed by atoms with E-state index < -0.39 is 133 Å². The van der Waals surface area contributed by atoms with E-state index in [4.69, 9.17) is 28.4 Å². The van der Waals surface area contributed by atoms with Gasteiger partial charge in [0.15, 0.2) is 6.29 Å². The number of ether oxygens (including phenoxy) is 6. The van der Waals surface area contributed by atoms with E-state index in [2.05, 4.69) is 21.3 Å². The summed E-state index contributed by atoms with van der Waals surface area (Å²) in [4.78, 5) is 38.2. The van der Waals surface area contributed by atoms with Crippen molar-refractivity contribution >= 4 is 18.3 Å². The first kappa shape index (κ1) is 51.8. The van der Waals surface area contributed by atoms with Gasteiger partial charge in [0.2, 0.25) is 0 Å². The third kappa shape index (κ3) is 16.0. The average molecular weight is 865 g/mol. The first-order valence-electron chi connectivity index (χ1n) is 21.4. The Labute approximate surface area is 354 Å². The van der Waals surface area contributed by atoms with E-state index in [-0.39, 0.29) is 32.4 Å². The normalized spacial score (nSPS) is 34.5. The molecular formula is C41H76N4O15. The van der Waals surface area contributed by atoms with Crippen LogP contribution in [-0.4, -0.2) is 165 Å². The van der Waals surface area contributed by atoms with Crippen LogP contribution in [0.4, 0.5) is 14.4 Å². The largest absolute Gasteiger partial charge is 0.444 e. The molecule has 2 aliphatic heterocycles. The number of nitrogens with one attached hydrogen (secondary N) is 4. The second-order valence-corrected chi connectivity index (χ2v) is 19.5. The SMILES string of the molecule is CCCCC1OC(C2C(NC(=O)OC(C)(C)C)CC(C)C(OC3OC(CO)C(O)C(NC(=O)OC(C)(C)C)C3O)C2O)C(NCC(O)CCNC(=O)OC(C)(C)C)CC1O. The molecular weight excluding hydrogens is 788 g/mol. The third-order valence-corrected chi connectivity index (χ3v) is 10.6. The maximum absolute atomic E-state index is 13.3. The van der Waals surface area contributed by atoms with Crippen molar-refractivity contribution in [1.82, 2.24) is 21.3 Å². The van der Waals surface area contributed by atoms with Gasteiger partial charge in [-0.15, -0.1) is 0 Å². The summed E-state index contributed by atoms with van der Waals surface area (Å²) in [6, 6.07) is -2.84. The lowest BCUT2D eigenvalue weighted by Gasteiger charge is -2.52. The molecule has 0 spiro atoms. The second-order valence-electron chi connectivity index (χ2n) is 19.5. The minimum absolute atomic E-state index is 0.0230. The fraction of sp³-hybridized carbons (Fsp3) is 0.927. The zero-order chi connectivity index (χ0) is 45.3. The summed E-state index contributed by atoms with van der Waals surface area (Å²) in [5.74, 6) is -1.45. The van der Waals surface area contributed by atoms with Crippen molar-refractivity contribution in [3.63, 3.8) is 0 Å². The first-order valence-corrected chi connectivity index (χ1v) is 21.4. The van der Waals surface area contributed by atoms with Crippen molar-refractivity contribution in [2.24, 2.45) is 11.8 Å². The highest BCUT2D eigenvalue weighted by atomic mass is 16.7. The summed E-state index contributed by atoms with van der Waals surface area (Å²) in [6.07, 6.45) is -11.6. The molecule has 0 bridgehead atoms. The summed E-state index contributed by atoms with van der Waals surface area (Å²) in [5.41, 5.74) is -2.42. The number of hydrogen-bond acceptors (Lipinski definition) is 16. The van der Waals surface area contributed by atoms with E-state index in [1.54, 1.807) is 69.2 Å². The fourth-order valence-corrected chi connectivity index (χ4v) is 7.91. The third-order valence-electron chi connectivity index (χ3n) is 10.6. The summed E-state index contributed by atoms with van der Waals surface area (Å²) in [6.45, 7) is 18.6. The number of aliphatic hydroxyl groups excluding tert-OH is 6. The molecule has 0 radical (unpaired) electrons. The van der Waals surface area contributed by atoms with Crippen molar-refractivity contribution in [3.8, 4) is 0 Å². The Hall–Kier alpha value is -2.59. The molecule has 19 nitrogen and oxygen atoms in total. The highest BCUT2D eigenvalue weighted by molar-refractivity contribution is 5.69. The van der Waals surface area contributed by atoms with Gasteiger partial charge < -0.3 is 80.3 Å². The quantitative estimate of drug-likeness (QED) is 0.105. The van der Waals surface area contributed by atoms with Gasteiger partial charge in [0.1, 0.15) is 35.1 Å². The van der Waals surface area contributed by atoms with Crippen LogP contribution in [0.15, 0.2) is 0 Å². The molecule has 3 fully saturated rings. The molecule has 0 aromatic heterocycles. The lowest BCUT2D eigenvalue weighted by atomic mass is 9.69.